The number of benzene rings is 2. The molecule has 1 fully saturated rings. The van der Waals surface area contributed by atoms with Gasteiger partial charge in [-0.1, -0.05) is 42.0 Å². The Morgan fingerprint density at radius 3 is 2.51 bits per heavy atom. The highest BCUT2D eigenvalue weighted by Crippen LogP contribution is 2.34. The quantitative estimate of drug-likeness (QED) is 0.536. The summed E-state index contributed by atoms with van der Waals surface area (Å²) < 4.78 is 5.70. The van der Waals surface area contributed by atoms with Crippen molar-refractivity contribution in [3.8, 4) is 0 Å². The number of pyridine rings is 1. The maximum Gasteiger partial charge on any atom is 0.411 e. The van der Waals surface area contributed by atoms with E-state index in [1.54, 1.807) is 42.6 Å². The van der Waals surface area contributed by atoms with Gasteiger partial charge in [-0.3, -0.25) is 19.5 Å². The molecule has 3 amide bonds. The van der Waals surface area contributed by atoms with Gasteiger partial charge in [0, 0.05) is 24.1 Å². The number of hydrogen-bond acceptors (Lipinski definition) is 5. The lowest BCUT2D eigenvalue weighted by Crippen LogP contribution is -2.48. The Labute approximate surface area is 204 Å². The van der Waals surface area contributed by atoms with E-state index in [1.165, 1.54) is 11.1 Å². The molecule has 0 aliphatic carbocycles. The SMILES string of the molecule is Cc1cccc(CN2C(=O)O[C@H](c3ccc(NC(=O)c4cccnc4)cc3)[C@H]2C(=O)NC(C)C)c1. The summed E-state index contributed by atoms with van der Waals surface area (Å²) in [6.07, 6.45) is 1.76. The van der Waals surface area contributed by atoms with Crippen molar-refractivity contribution in [1.29, 1.82) is 0 Å². The molecule has 0 bridgehead atoms. The molecule has 0 saturated carbocycles. The number of hydrogen-bond donors (Lipinski definition) is 2. The molecule has 2 atom stereocenters. The van der Waals surface area contributed by atoms with Crippen LogP contribution in [-0.2, 0) is 16.1 Å². The van der Waals surface area contributed by atoms with Crippen LogP contribution in [0.1, 0.15) is 47.0 Å². The summed E-state index contributed by atoms with van der Waals surface area (Å²) in [5.74, 6) is -0.561. The average Bonchev–Trinajstić information content (AvgIpc) is 3.15. The van der Waals surface area contributed by atoms with Crippen LogP contribution in [0.5, 0.6) is 0 Å². The number of aryl methyl sites for hydroxylation is 1. The van der Waals surface area contributed by atoms with E-state index in [0.717, 1.165) is 11.1 Å². The standard InChI is InChI=1S/C27H28N4O4/c1-17(2)29-26(33)23-24(35-27(34)31(23)16-19-7-4-6-18(3)14-19)20-9-11-22(12-10-20)30-25(32)21-8-5-13-28-15-21/h4-15,17,23-24H,16H2,1-3H3,(H,29,33)(H,30,32)/t23-,24+/m0/s1. The average molecular weight is 473 g/mol. The molecule has 1 saturated heterocycles. The Kier molecular flexibility index (Phi) is 7.10. The van der Waals surface area contributed by atoms with Crippen LogP contribution in [0.15, 0.2) is 73.1 Å². The van der Waals surface area contributed by atoms with Crippen LogP contribution in [0.3, 0.4) is 0 Å². The smallest absolute Gasteiger partial charge is 0.411 e. The largest absolute Gasteiger partial charge is 0.438 e. The van der Waals surface area contributed by atoms with Gasteiger partial charge < -0.3 is 15.4 Å². The van der Waals surface area contributed by atoms with Crippen molar-refractivity contribution in [1.82, 2.24) is 15.2 Å². The van der Waals surface area contributed by atoms with Crippen LogP contribution in [0.4, 0.5) is 10.5 Å². The molecule has 0 unspecified atom stereocenters. The fourth-order valence-corrected chi connectivity index (χ4v) is 4.04. The molecule has 2 heterocycles. The van der Waals surface area contributed by atoms with Crippen molar-refractivity contribution < 1.29 is 19.1 Å². The molecule has 0 radical (unpaired) electrons. The molecule has 1 aliphatic rings. The summed E-state index contributed by atoms with van der Waals surface area (Å²) in [6.45, 7) is 5.98. The van der Waals surface area contributed by atoms with Gasteiger partial charge in [0.25, 0.3) is 5.91 Å². The Bertz CT molecular complexity index is 1210. The third kappa shape index (κ3) is 5.66. The monoisotopic (exact) mass is 472 g/mol. The molecule has 2 N–H and O–H groups in total. The van der Waals surface area contributed by atoms with Crippen LogP contribution in [0.2, 0.25) is 0 Å². The van der Waals surface area contributed by atoms with Crippen LogP contribution in [0, 0.1) is 6.92 Å². The number of carbonyl (C=O) groups is 3. The fraction of sp³-hybridized carbons (Fsp3) is 0.259. The van der Waals surface area contributed by atoms with Crippen molar-refractivity contribution in [2.24, 2.45) is 0 Å². The third-order valence-corrected chi connectivity index (χ3v) is 5.64. The zero-order valence-electron chi connectivity index (χ0n) is 19.9. The van der Waals surface area contributed by atoms with Gasteiger partial charge in [0.15, 0.2) is 12.1 Å². The molecule has 0 spiro atoms. The number of rotatable bonds is 7. The fourth-order valence-electron chi connectivity index (χ4n) is 4.04. The molecular weight excluding hydrogens is 444 g/mol. The van der Waals surface area contributed by atoms with E-state index in [4.69, 9.17) is 4.74 Å². The van der Waals surface area contributed by atoms with Gasteiger partial charge >= 0.3 is 6.09 Å². The van der Waals surface area contributed by atoms with Crippen molar-refractivity contribution >= 4 is 23.6 Å². The lowest BCUT2D eigenvalue weighted by atomic mass is 10.00. The predicted molar refractivity (Wildman–Crippen MR) is 132 cm³/mol. The van der Waals surface area contributed by atoms with Gasteiger partial charge in [0.2, 0.25) is 5.91 Å². The highest BCUT2D eigenvalue weighted by molar-refractivity contribution is 6.04. The van der Waals surface area contributed by atoms with Crippen LogP contribution >= 0.6 is 0 Å². The topological polar surface area (TPSA) is 101 Å². The maximum absolute atomic E-state index is 13.2. The molecule has 1 aliphatic heterocycles. The maximum atomic E-state index is 13.2. The van der Waals surface area contributed by atoms with Crippen LogP contribution in [0.25, 0.3) is 0 Å². The summed E-state index contributed by atoms with van der Waals surface area (Å²) in [6, 6.07) is 17.2. The normalized spacial score (nSPS) is 17.3. The molecule has 8 nitrogen and oxygen atoms in total. The number of nitrogens with zero attached hydrogens (tertiary/aromatic N) is 2. The molecule has 8 heteroatoms. The highest BCUT2D eigenvalue weighted by atomic mass is 16.6. The third-order valence-electron chi connectivity index (χ3n) is 5.64. The summed E-state index contributed by atoms with van der Waals surface area (Å²) in [7, 11) is 0. The van der Waals surface area contributed by atoms with Crippen LogP contribution < -0.4 is 10.6 Å². The van der Waals surface area contributed by atoms with Crippen molar-refractivity contribution in [3.05, 3.63) is 95.3 Å². The first kappa shape index (κ1) is 23.9. The molecule has 4 rings (SSSR count). The first-order valence-electron chi connectivity index (χ1n) is 11.5. The number of carbonyl (C=O) groups excluding carboxylic acids is 3. The first-order valence-corrected chi connectivity index (χ1v) is 11.5. The van der Waals surface area contributed by atoms with E-state index in [-0.39, 0.29) is 24.4 Å². The second-order valence-electron chi connectivity index (χ2n) is 8.85. The Balaban J connectivity index is 1.56. The number of ether oxygens (including phenoxy) is 1. The second-order valence-corrected chi connectivity index (χ2v) is 8.85. The predicted octanol–water partition coefficient (Wildman–Crippen LogP) is 4.23. The molecule has 35 heavy (non-hydrogen) atoms. The molecule has 2 aromatic carbocycles. The second kappa shape index (κ2) is 10.4. The summed E-state index contributed by atoms with van der Waals surface area (Å²) in [4.78, 5) is 43.9. The minimum Gasteiger partial charge on any atom is -0.438 e. The van der Waals surface area contributed by atoms with Gasteiger partial charge in [-0.15, -0.1) is 0 Å². The van der Waals surface area contributed by atoms with Gasteiger partial charge in [-0.25, -0.2) is 4.79 Å². The van der Waals surface area contributed by atoms with Crippen molar-refractivity contribution in [2.45, 2.75) is 45.5 Å². The van der Waals surface area contributed by atoms with E-state index < -0.39 is 18.2 Å². The number of aromatic nitrogens is 1. The minimum atomic E-state index is -0.832. The zero-order chi connectivity index (χ0) is 24.9. The Morgan fingerprint density at radius 1 is 1.09 bits per heavy atom. The van der Waals surface area contributed by atoms with E-state index in [9.17, 15) is 14.4 Å². The van der Waals surface area contributed by atoms with E-state index >= 15 is 0 Å². The summed E-state index contributed by atoms with van der Waals surface area (Å²) in [5.41, 5.74) is 3.66. The lowest BCUT2D eigenvalue weighted by Gasteiger charge is -2.25. The number of nitrogens with one attached hydrogen (secondary N) is 2. The zero-order valence-corrected chi connectivity index (χ0v) is 19.9. The first-order chi connectivity index (χ1) is 16.8. The van der Waals surface area contributed by atoms with Crippen molar-refractivity contribution in [2.75, 3.05) is 5.32 Å². The van der Waals surface area contributed by atoms with Crippen molar-refractivity contribution in [3.63, 3.8) is 0 Å². The number of anilines is 1. The molecule has 1 aromatic heterocycles. The Morgan fingerprint density at radius 2 is 1.86 bits per heavy atom. The van der Waals surface area contributed by atoms with E-state index in [2.05, 4.69) is 15.6 Å². The molecule has 3 aromatic rings. The summed E-state index contributed by atoms with van der Waals surface area (Å²) >= 11 is 0. The molecular formula is C27H28N4O4. The van der Waals surface area contributed by atoms with Gasteiger partial charge in [-0.2, -0.15) is 0 Å². The lowest BCUT2D eigenvalue weighted by molar-refractivity contribution is -0.126. The highest BCUT2D eigenvalue weighted by Gasteiger charge is 2.47. The Hall–Kier alpha value is -4.20. The number of cyclic esters (lactones) is 1. The van der Waals surface area contributed by atoms with Crippen LogP contribution in [-0.4, -0.2) is 39.9 Å². The van der Waals surface area contributed by atoms with E-state index in [0.29, 0.717) is 16.8 Å². The minimum absolute atomic E-state index is 0.0928. The summed E-state index contributed by atoms with van der Waals surface area (Å²) in [5, 5.41) is 5.73. The number of amides is 3. The molecule has 180 valence electrons. The van der Waals surface area contributed by atoms with E-state index in [1.807, 2.05) is 45.0 Å². The van der Waals surface area contributed by atoms with Gasteiger partial charge in [-0.05, 0) is 56.2 Å². The van der Waals surface area contributed by atoms with Gasteiger partial charge in [0.05, 0.1) is 12.1 Å². The van der Waals surface area contributed by atoms with Gasteiger partial charge in [0.1, 0.15) is 0 Å².